The van der Waals surface area contributed by atoms with Gasteiger partial charge in [0.25, 0.3) is 0 Å². The van der Waals surface area contributed by atoms with E-state index in [9.17, 15) is 9.59 Å². The van der Waals surface area contributed by atoms with Crippen LogP contribution in [0.5, 0.6) is 11.5 Å². The second-order valence-electron chi connectivity index (χ2n) is 4.07. The number of Topliss-reactive ketones (excluding diaryl/α,β-unsaturated/α-hetero) is 2. The minimum Gasteiger partial charge on any atom is -0.454 e. The molecule has 0 saturated heterocycles. The van der Waals surface area contributed by atoms with Crippen molar-refractivity contribution in [3.05, 3.63) is 23.8 Å². The highest BCUT2D eigenvalue weighted by atomic mass is 16.7. The maximum absolute atomic E-state index is 11.4. The molecule has 0 aromatic heterocycles. The molecule has 0 amide bonds. The second-order valence-corrected chi connectivity index (χ2v) is 4.07. The fourth-order valence-corrected chi connectivity index (χ4v) is 1.83. The minimum atomic E-state index is -0.0899. The number of hydrogen-bond donors (Lipinski definition) is 0. The number of aryl methyl sites for hydroxylation is 1. The van der Waals surface area contributed by atoms with Gasteiger partial charge in [0.15, 0.2) is 11.5 Å². The molecule has 0 atom stereocenters. The number of carbonyl (C=O) groups is 2. The van der Waals surface area contributed by atoms with Crippen molar-refractivity contribution in [2.75, 3.05) is 6.79 Å². The van der Waals surface area contributed by atoms with Crippen molar-refractivity contribution in [2.45, 2.75) is 26.2 Å². The van der Waals surface area contributed by atoms with E-state index in [-0.39, 0.29) is 24.8 Å². The third-order valence-electron chi connectivity index (χ3n) is 2.60. The Balaban J connectivity index is 1.98. The number of carbonyl (C=O) groups excluding carboxylic acids is 2. The van der Waals surface area contributed by atoms with E-state index in [0.717, 1.165) is 17.1 Å². The van der Waals surface area contributed by atoms with Crippen LogP contribution in [0, 0.1) is 0 Å². The molecule has 1 aliphatic rings. The summed E-state index contributed by atoms with van der Waals surface area (Å²) in [5.41, 5.74) is 0.955. The van der Waals surface area contributed by atoms with E-state index in [0.29, 0.717) is 12.8 Å². The molecule has 1 aliphatic heterocycles. The summed E-state index contributed by atoms with van der Waals surface area (Å²) >= 11 is 0. The molecule has 1 aromatic rings. The number of rotatable bonds is 5. The molecular weight excluding hydrogens is 220 g/mol. The van der Waals surface area contributed by atoms with E-state index in [1.165, 1.54) is 6.92 Å². The summed E-state index contributed by atoms with van der Waals surface area (Å²) in [6.45, 7) is 1.66. The molecule has 1 aromatic carbocycles. The molecule has 4 nitrogen and oxygen atoms in total. The molecule has 0 N–H and O–H groups in total. The molecule has 2 rings (SSSR count). The van der Waals surface area contributed by atoms with Crippen LogP contribution in [-0.2, 0) is 16.0 Å². The van der Waals surface area contributed by atoms with Crippen molar-refractivity contribution >= 4 is 11.6 Å². The average Bonchev–Trinajstić information content (AvgIpc) is 2.73. The zero-order valence-electron chi connectivity index (χ0n) is 9.69. The summed E-state index contributed by atoms with van der Waals surface area (Å²) in [6, 6.07) is 5.62. The molecule has 4 heteroatoms. The smallest absolute Gasteiger partial charge is 0.231 e. The first kappa shape index (κ1) is 11.6. The zero-order chi connectivity index (χ0) is 12.3. The van der Waals surface area contributed by atoms with Crippen LogP contribution in [0.2, 0.25) is 0 Å². The lowest BCUT2D eigenvalue weighted by molar-refractivity contribution is -0.125. The number of benzene rings is 1. The third-order valence-corrected chi connectivity index (χ3v) is 2.60. The van der Waals surface area contributed by atoms with Gasteiger partial charge in [0.2, 0.25) is 6.79 Å². The van der Waals surface area contributed by atoms with Gasteiger partial charge in [-0.15, -0.1) is 0 Å². The van der Waals surface area contributed by atoms with Crippen LogP contribution in [0.3, 0.4) is 0 Å². The fourth-order valence-electron chi connectivity index (χ4n) is 1.83. The molecule has 17 heavy (non-hydrogen) atoms. The highest BCUT2D eigenvalue weighted by molar-refractivity contribution is 5.97. The second kappa shape index (κ2) is 4.99. The van der Waals surface area contributed by atoms with Crippen LogP contribution in [0.15, 0.2) is 18.2 Å². The Bertz CT molecular complexity index is 451. The van der Waals surface area contributed by atoms with E-state index in [4.69, 9.17) is 9.47 Å². The Morgan fingerprint density at radius 1 is 1.29 bits per heavy atom. The first-order valence-corrected chi connectivity index (χ1v) is 5.55. The number of fused-ring (bicyclic) bond motifs is 1. The topological polar surface area (TPSA) is 52.6 Å². The summed E-state index contributed by atoms with van der Waals surface area (Å²) in [7, 11) is 0. The van der Waals surface area contributed by atoms with Crippen LogP contribution in [-0.4, -0.2) is 18.4 Å². The summed E-state index contributed by atoms with van der Waals surface area (Å²) in [4.78, 5) is 22.2. The van der Waals surface area contributed by atoms with Crippen LogP contribution in [0.4, 0.5) is 0 Å². The van der Waals surface area contributed by atoms with Crippen LogP contribution in [0.25, 0.3) is 0 Å². The highest BCUT2D eigenvalue weighted by Crippen LogP contribution is 2.35. The minimum absolute atomic E-state index is 0.0202. The van der Waals surface area contributed by atoms with E-state index in [2.05, 4.69) is 0 Å². The lowest BCUT2D eigenvalue weighted by Crippen LogP contribution is -2.05. The molecule has 0 bridgehead atoms. The van der Waals surface area contributed by atoms with E-state index < -0.39 is 0 Å². The van der Waals surface area contributed by atoms with Gasteiger partial charge in [-0.25, -0.2) is 0 Å². The number of ketones is 2. The Hall–Kier alpha value is -1.84. The standard InChI is InChI=1S/C13H14O4/c1-9(14)7-11(15)6-5-10-3-2-4-12-13(10)17-8-16-12/h2-4H,5-8H2,1H3. The lowest BCUT2D eigenvalue weighted by atomic mass is 10.0. The van der Waals surface area contributed by atoms with Crippen molar-refractivity contribution in [3.8, 4) is 11.5 Å². The van der Waals surface area contributed by atoms with Gasteiger partial charge in [-0.2, -0.15) is 0 Å². The molecule has 0 saturated carbocycles. The normalized spacial score (nSPS) is 12.5. The Morgan fingerprint density at radius 3 is 2.88 bits per heavy atom. The summed E-state index contributed by atoms with van der Waals surface area (Å²) in [5, 5.41) is 0. The summed E-state index contributed by atoms with van der Waals surface area (Å²) < 4.78 is 10.6. The number of para-hydroxylation sites is 1. The van der Waals surface area contributed by atoms with Crippen LogP contribution >= 0.6 is 0 Å². The lowest BCUT2D eigenvalue weighted by Gasteiger charge is -2.04. The van der Waals surface area contributed by atoms with Gasteiger partial charge in [0, 0.05) is 6.42 Å². The predicted octanol–water partition coefficient (Wildman–Crippen LogP) is 1.90. The van der Waals surface area contributed by atoms with Gasteiger partial charge in [-0.05, 0) is 25.0 Å². The maximum Gasteiger partial charge on any atom is 0.231 e. The molecule has 90 valence electrons. The SMILES string of the molecule is CC(=O)CC(=O)CCc1cccc2c1OCO2. The van der Waals surface area contributed by atoms with E-state index >= 15 is 0 Å². The van der Waals surface area contributed by atoms with Crippen molar-refractivity contribution in [1.29, 1.82) is 0 Å². The van der Waals surface area contributed by atoms with E-state index in [1.807, 2.05) is 18.2 Å². The van der Waals surface area contributed by atoms with Gasteiger partial charge in [-0.1, -0.05) is 12.1 Å². The average molecular weight is 234 g/mol. The van der Waals surface area contributed by atoms with Gasteiger partial charge in [0.1, 0.15) is 11.6 Å². The van der Waals surface area contributed by atoms with Gasteiger partial charge in [0.05, 0.1) is 6.42 Å². The predicted molar refractivity (Wildman–Crippen MR) is 61.2 cm³/mol. The van der Waals surface area contributed by atoms with Crippen molar-refractivity contribution in [3.63, 3.8) is 0 Å². The van der Waals surface area contributed by atoms with Crippen LogP contribution < -0.4 is 9.47 Å². The highest BCUT2D eigenvalue weighted by Gasteiger charge is 2.17. The maximum atomic E-state index is 11.4. The molecule has 0 radical (unpaired) electrons. The van der Waals surface area contributed by atoms with Gasteiger partial charge in [-0.3, -0.25) is 9.59 Å². The molecular formula is C13H14O4. The van der Waals surface area contributed by atoms with Gasteiger partial charge >= 0.3 is 0 Å². The first-order valence-electron chi connectivity index (χ1n) is 5.55. The van der Waals surface area contributed by atoms with Crippen molar-refractivity contribution < 1.29 is 19.1 Å². The van der Waals surface area contributed by atoms with Crippen LogP contribution in [0.1, 0.15) is 25.3 Å². The first-order chi connectivity index (χ1) is 8.16. The Labute approximate surface area is 99.5 Å². The van der Waals surface area contributed by atoms with Crippen molar-refractivity contribution in [1.82, 2.24) is 0 Å². The summed E-state index contributed by atoms with van der Waals surface area (Å²) in [6.07, 6.45) is 0.963. The molecule has 0 aliphatic carbocycles. The molecule has 0 fully saturated rings. The largest absolute Gasteiger partial charge is 0.454 e. The van der Waals surface area contributed by atoms with E-state index in [1.54, 1.807) is 0 Å². The molecule has 0 spiro atoms. The number of hydrogen-bond acceptors (Lipinski definition) is 4. The Morgan fingerprint density at radius 2 is 2.12 bits per heavy atom. The molecule has 0 unspecified atom stereocenters. The quantitative estimate of drug-likeness (QED) is 0.730. The third kappa shape index (κ3) is 2.84. The Kier molecular flexibility index (Phi) is 3.42. The number of ether oxygens (including phenoxy) is 2. The molecule has 1 heterocycles. The van der Waals surface area contributed by atoms with Gasteiger partial charge < -0.3 is 9.47 Å². The monoisotopic (exact) mass is 234 g/mol. The summed E-state index contributed by atoms with van der Waals surface area (Å²) in [5.74, 6) is 1.33. The fraction of sp³-hybridized carbons (Fsp3) is 0.385. The zero-order valence-corrected chi connectivity index (χ0v) is 9.69. The van der Waals surface area contributed by atoms with Crippen molar-refractivity contribution in [2.24, 2.45) is 0 Å².